The topological polar surface area (TPSA) is 85.3 Å². The van der Waals surface area contributed by atoms with E-state index >= 15 is 0 Å². The van der Waals surface area contributed by atoms with Crippen LogP contribution in [0.5, 0.6) is 0 Å². The minimum Gasteiger partial charge on any atom is -0.465 e. The largest absolute Gasteiger partial charge is 0.465 e. The van der Waals surface area contributed by atoms with E-state index in [1.165, 1.54) is 5.06 Å². The minimum atomic E-state index is -0.884. The highest BCUT2D eigenvalue weighted by Gasteiger charge is 2.60. The average Bonchev–Trinajstić information content (AvgIpc) is 3.06. The van der Waals surface area contributed by atoms with Crippen molar-refractivity contribution in [3.8, 4) is 0 Å². The Bertz CT molecular complexity index is 577. The zero-order valence-corrected chi connectivity index (χ0v) is 12.8. The number of hydrogen-bond acceptors (Lipinski definition) is 7. The molecule has 0 unspecified atom stereocenters. The van der Waals surface area contributed by atoms with Gasteiger partial charge >= 0.3 is 11.9 Å². The van der Waals surface area contributed by atoms with Gasteiger partial charge in [0.2, 0.25) is 0 Å². The number of fused-ring (bicyclic) bond motifs is 1. The fourth-order valence-electron chi connectivity index (χ4n) is 3.09. The van der Waals surface area contributed by atoms with Crippen LogP contribution in [0.4, 0.5) is 0 Å². The third kappa shape index (κ3) is 2.95. The van der Waals surface area contributed by atoms with Crippen molar-refractivity contribution in [2.24, 2.45) is 5.92 Å². The van der Waals surface area contributed by atoms with E-state index < -0.39 is 36.1 Å². The summed E-state index contributed by atoms with van der Waals surface area (Å²) in [5.41, 5.74) is 0.940. The molecule has 1 N–H and O–H groups in total. The molecule has 7 heteroatoms. The molecule has 0 bridgehead atoms. The number of hydrogen-bond donors (Lipinski definition) is 1. The maximum absolute atomic E-state index is 12.4. The summed E-state index contributed by atoms with van der Waals surface area (Å²) < 4.78 is 10.2. The van der Waals surface area contributed by atoms with Crippen LogP contribution in [0.1, 0.15) is 12.5 Å². The SMILES string of the molecule is CCOC(=O)[C@H]1[C@@H]2[C@@H](CO)OC(=O)[C@@H]2ON1Cc1ccccc1. The van der Waals surface area contributed by atoms with E-state index in [2.05, 4.69) is 0 Å². The molecule has 7 nitrogen and oxygen atoms in total. The van der Waals surface area contributed by atoms with Gasteiger partial charge in [0.05, 0.1) is 25.7 Å². The van der Waals surface area contributed by atoms with Gasteiger partial charge in [-0.2, -0.15) is 5.06 Å². The minimum absolute atomic E-state index is 0.227. The number of esters is 2. The van der Waals surface area contributed by atoms with Crippen LogP contribution in [-0.4, -0.2) is 53.6 Å². The van der Waals surface area contributed by atoms with Gasteiger partial charge < -0.3 is 14.6 Å². The molecule has 1 aromatic rings. The van der Waals surface area contributed by atoms with E-state index in [9.17, 15) is 14.7 Å². The summed E-state index contributed by atoms with van der Waals surface area (Å²) in [7, 11) is 0. The Balaban J connectivity index is 1.86. The molecule has 23 heavy (non-hydrogen) atoms. The Hall–Kier alpha value is -1.96. The maximum atomic E-state index is 12.4. The van der Waals surface area contributed by atoms with Gasteiger partial charge in [-0.3, -0.25) is 9.63 Å². The molecule has 0 spiro atoms. The molecule has 2 aliphatic rings. The van der Waals surface area contributed by atoms with Crippen molar-refractivity contribution < 1.29 is 29.0 Å². The van der Waals surface area contributed by atoms with Crippen LogP contribution in [0.25, 0.3) is 0 Å². The van der Waals surface area contributed by atoms with Crippen molar-refractivity contribution in [3.05, 3.63) is 35.9 Å². The van der Waals surface area contributed by atoms with Gasteiger partial charge in [0.25, 0.3) is 0 Å². The zero-order valence-electron chi connectivity index (χ0n) is 12.8. The maximum Gasteiger partial charge on any atom is 0.338 e. The number of cyclic esters (lactones) is 1. The lowest BCUT2D eigenvalue weighted by atomic mass is 9.91. The van der Waals surface area contributed by atoms with Crippen LogP contribution in [0, 0.1) is 5.92 Å². The van der Waals surface area contributed by atoms with Gasteiger partial charge in [-0.25, -0.2) is 4.79 Å². The van der Waals surface area contributed by atoms with Crippen molar-refractivity contribution >= 4 is 11.9 Å². The third-order valence-electron chi connectivity index (χ3n) is 4.09. The molecule has 2 aliphatic heterocycles. The molecule has 4 atom stereocenters. The van der Waals surface area contributed by atoms with Crippen LogP contribution in [-0.2, 0) is 30.4 Å². The Kier molecular flexibility index (Phi) is 4.61. The predicted molar refractivity (Wildman–Crippen MR) is 77.7 cm³/mol. The predicted octanol–water partition coefficient (Wildman–Crippen LogP) is 0.268. The van der Waals surface area contributed by atoms with Crippen LogP contribution < -0.4 is 0 Å². The number of ether oxygens (including phenoxy) is 2. The van der Waals surface area contributed by atoms with Gasteiger partial charge in [0.15, 0.2) is 6.10 Å². The monoisotopic (exact) mass is 321 g/mol. The lowest BCUT2D eigenvalue weighted by Gasteiger charge is -2.25. The van der Waals surface area contributed by atoms with Crippen molar-refractivity contribution in [1.82, 2.24) is 5.06 Å². The Morgan fingerprint density at radius 3 is 2.74 bits per heavy atom. The molecule has 0 radical (unpaired) electrons. The second kappa shape index (κ2) is 6.66. The van der Waals surface area contributed by atoms with E-state index in [1.54, 1.807) is 6.92 Å². The van der Waals surface area contributed by atoms with Gasteiger partial charge in [-0.1, -0.05) is 30.3 Å². The van der Waals surface area contributed by atoms with E-state index in [0.29, 0.717) is 6.54 Å². The Morgan fingerprint density at radius 2 is 2.09 bits per heavy atom. The smallest absolute Gasteiger partial charge is 0.338 e. The first-order valence-corrected chi connectivity index (χ1v) is 7.61. The van der Waals surface area contributed by atoms with Crippen molar-refractivity contribution in [2.45, 2.75) is 31.7 Å². The molecular formula is C16H19NO6. The normalized spacial score (nSPS) is 30.1. The highest BCUT2D eigenvalue weighted by atomic mass is 16.7. The molecule has 1 aromatic carbocycles. The molecular weight excluding hydrogens is 302 g/mol. The number of hydroxylamine groups is 2. The van der Waals surface area contributed by atoms with E-state index in [-0.39, 0.29) is 13.2 Å². The number of nitrogens with zero attached hydrogens (tertiary/aromatic N) is 1. The van der Waals surface area contributed by atoms with Gasteiger partial charge in [-0.05, 0) is 12.5 Å². The van der Waals surface area contributed by atoms with E-state index in [1.807, 2.05) is 30.3 Å². The van der Waals surface area contributed by atoms with Crippen LogP contribution in [0.3, 0.4) is 0 Å². The summed E-state index contributed by atoms with van der Waals surface area (Å²) in [5.74, 6) is -1.61. The molecule has 2 heterocycles. The molecule has 0 amide bonds. The Morgan fingerprint density at radius 1 is 1.35 bits per heavy atom. The highest BCUT2D eigenvalue weighted by molar-refractivity contribution is 5.83. The summed E-state index contributed by atoms with van der Waals surface area (Å²) in [6, 6.07) is 8.68. The molecule has 0 aliphatic carbocycles. The van der Waals surface area contributed by atoms with E-state index in [0.717, 1.165) is 5.56 Å². The Labute approximate surface area is 133 Å². The lowest BCUT2D eigenvalue weighted by molar-refractivity contribution is -0.199. The zero-order chi connectivity index (χ0) is 16.4. The quantitative estimate of drug-likeness (QED) is 0.779. The van der Waals surface area contributed by atoms with Crippen molar-refractivity contribution in [1.29, 1.82) is 0 Å². The number of rotatable bonds is 5. The number of benzene rings is 1. The first-order valence-electron chi connectivity index (χ1n) is 7.61. The lowest BCUT2D eigenvalue weighted by Crippen LogP contribution is -2.44. The van der Waals surface area contributed by atoms with Crippen molar-refractivity contribution in [2.75, 3.05) is 13.2 Å². The summed E-state index contributed by atoms with van der Waals surface area (Å²) >= 11 is 0. The number of aliphatic hydroxyl groups excluding tert-OH is 1. The molecule has 3 rings (SSSR count). The van der Waals surface area contributed by atoms with Crippen LogP contribution >= 0.6 is 0 Å². The fourth-order valence-corrected chi connectivity index (χ4v) is 3.09. The first kappa shape index (κ1) is 15.9. The summed E-state index contributed by atoms with van der Waals surface area (Å²) in [6.45, 7) is 1.92. The molecule has 2 fully saturated rings. The van der Waals surface area contributed by atoms with Crippen LogP contribution in [0.2, 0.25) is 0 Å². The molecule has 124 valence electrons. The molecule has 0 saturated carbocycles. The number of carbonyl (C=O) groups is 2. The van der Waals surface area contributed by atoms with Gasteiger partial charge in [0.1, 0.15) is 12.1 Å². The summed E-state index contributed by atoms with van der Waals surface area (Å²) in [4.78, 5) is 29.9. The second-order valence-electron chi connectivity index (χ2n) is 5.52. The van der Waals surface area contributed by atoms with Gasteiger partial charge in [-0.15, -0.1) is 0 Å². The molecule has 0 aromatic heterocycles. The third-order valence-corrected chi connectivity index (χ3v) is 4.09. The number of aliphatic hydroxyl groups is 1. The number of carbonyl (C=O) groups excluding carboxylic acids is 2. The summed E-state index contributed by atoms with van der Waals surface area (Å²) in [6.07, 6.45) is -1.65. The standard InChI is InChI=1S/C16H19NO6/c1-2-21-15(19)13-12-11(9-18)22-16(20)14(12)23-17(13)8-10-6-4-3-5-7-10/h3-7,11-14,18H,2,8-9H2,1H3/t11-,12+,13-,14-/m1/s1. The van der Waals surface area contributed by atoms with E-state index in [4.69, 9.17) is 14.3 Å². The molecule has 2 saturated heterocycles. The highest BCUT2D eigenvalue weighted by Crippen LogP contribution is 2.38. The fraction of sp³-hybridized carbons (Fsp3) is 0.500. The van der Waals surface area contributed by atoms with Crippen molar-refractivity contribution in [3.63, 3.8) is 0 Å². The summed E-state index contributed by atoms with van der Waals surface area (Å²) in [5, 5.41) is 10.9. The first-order chi connectivity index (χ1) is 11.2. The van der Waals surface area contributed by atoms with Gasteiger partial charge in [0, 0.05) is 0 Å². The average molecular weight is 321 g/mol. The van der Waals surface area contributed by atoms with Crippen LogP contribution in [0.15, 0.2) is 30.3 Å². The second-order valence-corrected chi connectivity index (χ2v) is 5.52.